The predicted octanol–water partition coefficient (Wildman–Crippen LogP) is 6.62. The molecule has 1 fully saturated rings. The number of amides is 3. The summed E-state index contributed by atoms with van der Waals surface area (Å²) in [5.74, 6) is 0.316. The molecular formula is C31H29F3N6O3S. The lowest BCUT2D eigenvalue weighted by Gasteiger charge is -2.19. The molecule has 1 aliphatic rings. The Hall–Kier alpha value is -4.65. The summed E-state index contributed by atoms with van der Waals surface area (Å²) < 4.78 is 42.5. The lowest BCUT2D eigenvalue weighted by Crippen LogP contribution is -2.32. The molecule has 44 heavy (non-hydrogen) atoms. The van der Waals surface area contributed by atoms with Gasteiger partial charge in [0.25, 0.3) is 0 Å². The van der Waals surface area contributed by atoms with Crippen LogP contribution in [0.25, 0.3) is 17.1 Å². The van der Waals surface area contributed by atoms with E-state index in [1.54, 1.807) is 0 Å². The molecule has 0 aliphatic carbocycles. The quantitative estimate of drug-likeness (QED) is 0.211. The zero-order chi connectivity index (χ0) is 31.3. The van der Waals surface area contributed by atoms with Gasteiger partial charge in [-0.05, 0) is 80.1 Å². The number of rotatable bonds is 9. The van der Waals surface area contributed by atoms with Crippen LogP contribution in [-0.2, 0) is 11.2 Å². The Morgan fingerprint density at radius 2 is 1.80 bits per heavy atom. The number of nitrogens with one attached hydrogen (secondary N) is 1. The highest BCUT2D eigenvalue weighted by molar-refractivity contribution is 8.15. The van der Waals surface area contributed by atoms with Crippen molar-refractivity contribution in [2.45, 2.75) is 39.5 Å². The van der Waals surface area contributed by atoms with Gasteiger partial charge in [-0.3, -0.25) is 9.69 Å². The van der Waals surface area contributed by atoms with E-state index >= 15 is 0 Å². The third kappa shape index (κ3) is 7.84. The Labute approximate surface area is 256 Å². The molecule has 1 saturated heterocycles. The molecule has 4 aromatic rings. The molecule has 2 heterocycles. The maximum Gasteiger partial charge on any atom is 0.573 e. The fourth-order valence-corrected chi connectivity index (χ4v) is 5.42. The van der Waals surface area contributed by atoms with Gasteiger partial charge in [-0.25, -0.2) is 14.5 Å². The standard InChI is InChI=1S/C31H29F3N6O3S/c1-20-6-7-21(2)26(17-20)40-27(41)18-44-30(40)37-29(42)35-16-4-3-5-22-8-10-23(11-9-22)28-36-19-39(38-28)24-12-14-25(15-13-24)43-31(32,33)34/h6-15,17,19H,3-5,16,18H2,1-2H3,(H,35,42). The van der Waals surface area contributed by atoms with Crippen LogP contribution >= 0.6 is 11.8 Å². The minimum atomic E-state index is -4.75. The zero-order valence-electron chi connectivity index (χ0n) is 24.0. The molecule has 13 heteroatoms. The van der Waals surface area contributed by atoms with Gasteiger partial charge in [-0.2, -0.15) is 4.99 Å². The third-order valence-electron chi connectivity index (χ3n) is 6.78. The van der Waals surface area contributed by atoms with Crippen LogP contribution in [0.5, 0.6) is 5.75 Å². The molecule has 228 valence electrons. The molecule has 3 aromatic carbocycles. The van der Waals surface area contributed by atoms with Gasteiger partial charge in [-0.1, -0.05) is 48.2 Å². The molecule has 1 aromatic heterocycles. The van der Waals surface area contributed by atoms with E-state index in [0.29, 0.717) is 23.2 Å². The number of amidine groups is 1. The van der Waals surface area contributed by atoms with Crippen LogP contribution in [0.3, 0.4) is 0 Å². The van der Waals surface area contributed by atoms with Crippen molar-refractivity contribution >= 4 is 34.6 Å². The number of anilines is 1. The minimum absolute atomic E-state index is 0.0986. The number of aromatic nitrogens is 3. The Bertz CT molecular complexity index is 1670. The zero-order valence-corrected chi connectivity index (χ0v) is 24.8. The first-order valence-electron chi connectivity index (χ1n) is 13.8. The Kier molecular flexibility index (Phi) is 9.33. The molecule has 0 unspecified atom stereocenters. The summed E-state index contributed by atoms with van der Waals surface area (Å²) in [5.41, 5.74) is 5.16. The highest BCUT2D eigenvalue weighted by Crippen LogP contribution is 2.30. The number of hydrogen-bond donors (Lipinski definition) is 1. The largest absolute Gasteiger partial charge is 0.573 e. The van der Waals surface area contributed by atoms with Crippen LogP contribution in [-0.4, -0.2) is 50.5 Å². The number of alkyl halides is 3. The second-order valence-corrected chi connectivity index (χ2v) is 11.1. The van der Waals surface area contributed by atoms with Crippen LogP contribution in [0.15, 0.2) is 78.0 Å². The number of urea groups is 1. The van der Waals surface area contributed by atoms with Crippen LogP contribution in [0, 0.1) is 13.8 Å². The average Bonchev–Trinajstić information content (AvgIpc) is 3.61. The SMILES string of the molecule is Cc1ccc(C)c(N2C(=O)CSC2=NC(=O)NCCCCc2ccc(-c3ncn(-c4ccc(OC(F)(F)F)cc4)n3)cc2)c1. The highest BCUT2D eigenvalue weighted by Gasteiger charge is 2.32. The molecule has 0 saturated carbocycles. The predicted molar refractivity (Wildman–Crippen MR) is 163 cm³/mol. The number of aryl methyl sites for hydroxylation is 3. The van der Waals surface area contributed by atoms with Gasteiger partial charge in [0.05, 0.1) is 17.1 Å². The van der Waals surface area contributed by atoms with Gasteiger partial charge in [-0.15, -0.1) is 18.3 Å². The van der Waals surface area contributed by atoms with E-state index in [-0.39, 0.29) is 17.4 Å². The number of carbonyl (C=O) groups excluding carboxylic acids is 2. The van der Waals surface area contributed by atoms with Crippen molar-refractivity contribution in [3.8, 4) is 22.8 Å². The minimum Gasteiger partial charge on any atom is -0.406 e. The molecule has 0 bridgehead atoms. The van der Waals surface area contributed by atoms with Crippen molar-refractivity contribution in [3.63, 3.8) is 0 Å². The molecule has 5 rings (SSSR count). The summed E-state index contributed by atoms with van der Waals surface area (Å²) in [5, 5.41) is 7.62. The van der Waals surface area contributed by atoms with E-state index in [1.165, 1.54) is 51.9 Å². The Morgan fingerprint density at radius 3 is 2.52 bits per heavy atom. The van der Waals surface area contributed by atoms with Crippen molar-refractivity contribution in [2.24, 2.45) is 4.99 Å². The molecule has 0 radical (unpaired) electrons. The van der Waals surface area contributed by atoms with Crippen LogP contribution in [0.4, 0.5) is 23.7 Å². The van der Waals surface area contributed by atoms with E-state index in [9.17, 15) is 22.8 Å². The van der Waals surface area contributed by atoms with E-state index < -0.39 is 12.4 Å². The van der Waals surface area contributed by atoms with Gasteiger partial charge >= 0.3 is 12.4 Å². The summed E-state index contributed by atoms with van der Waals surface area (Å²) in [6.07, 6.45) is -0.847. The first-order valence-corrected chi connectivity index (χ1v) is 14.8. The number of benzene rings is 3. The van der Waals surface area contributed by atoms with Gasteiger partial charge in [0.15, 0.2) is 11.0 Å². The summed E-state index contributed by atoms with van der Waals surface area (Å²) in [4.78, 5) is 35.0. The van der Waals surface area contributed by atoms with E-state index in [0.717, 1.165) is 47.2 Å². The lowest BCUT2D eigenvalue weighted by atomic mass is 10.1. The van der Waals surface area contributed by atoms with Gasteiger partial charge < -0.3 is 10.1 Å². The van der Waals surface area contributed by atoms with Gasteiger partial charge in [0.2, 0.25) is 5.91 Å². The van der Waals surface area contributed by atoms with Crippen LogP contribution in [0.2, 0.25) is 0 Å². The Morgan fingerprint density at radius 1 is 1.05 bits per heavy atom. The number of thioether (sulfide) groups is 1. The van der Waals surface area contributed by atoms with Crippen molar-refractivity contribution in [2.75, 3.05) is 17.2 Å². The van der Waals surface area contributed by atoms with Crippen LogP contribution < -0.4 is 15.0 Å². The maximum absolute atomic E-state index is 12.5. The normalized spacial score (nSPS) is 14.3. The topological polar surface area (TPSA) is 102 Å². The fourth-order valence-electron chi connectivity index (χ4n) is 4.56. The first-order chi connectivity index (χ1) is 21.1. The van der Waals surface area contributed by atoms with E-state index in [1.807, 2.05) is 56.3 Å². The van der Waals surface area contributed by atoms with E-state index in [2.05, 4.69) is 25.1 Å². The monoisotopic (exact) mass is 622 g/mol. The second-order valence-electron chi connectivity index (χ2n) is 10.1. The lowest BCUT2D eigenvalue weighted by molar-refractivity contribution is -0.274. The average molecular weight is 623 g/mol. The number of halogens is 3. The third-order valence-corrected chi connectivity index (χ3v) is 7.70. The maximum atomic E-state index is 12.5. The second kappa shape index (κ2) is 13.3. The number of nitrogens with zero attached hydrogens (tertiary/aromatic N) is 5. The molecule has 0 spiro atoms. The number of carbonyl (C=O) groups is 2. The molecule has 1 aliphatic heterocycles. The first kappa shape index (κ1) is 30.8. The van der Waals surface area contributed by atoms with Crippen molar-refractivity contribution in [1.82, 2.24) is 20.1 Å². The summed E-state index contributed by atoms with van der Waals surface area (Å²) in [7, 11) is 0. The van der Waals surface area contributed by atoms with Gasteiger partial charge in [0, 0.05) is 12.1 Å². The van der Waals surface area contributed by atoms with Gasteiger partial charge in [0.1, 0.15) is 12.1 Å². The highest BCUT2D eigenvalue weighted by atomic mass is 32.2. The molecule has 3 amide bonds. The van der Waals surface area contributed by atoms with Crippen molar-refractivity contribution in [3.05, 3.63) is 89.7 Å². The number of hydrogen-bond acceptors (Lipinski definition) is 6. The molecule has 9 nitrogen and oxygen atoms in total. The number of unbranched alkanes of at least 4 members (excludes halogenated alkanes) is 1. The van der Waals surface area contributed by atoms with E-state index in [4.69, 9.17) is 0 Å². The fraction of sp³-hybridized carbons (Fsp3) is 0.258. The summed E-state index contributed by atoms with van der Waals surface area (Å²) >= 11 is 1.26. The molecular weight excluding hydrogens is 593 g/mol. The Balaban J connectivity index is 1.08. The smallest absolute Gasteiger partial charge is 0.406 e. The van der Waals surface area contributed by atoms with Crippen LogP contribution in [0.1, 0.15) is 29.5 Å². The van der Waals surface area contributed by atoms with Crippen molar-refractivity contribution < 1.29 is 27.5 Å². The molecule has 0 atom stereocenters. The molecule has 1 N–H and O–H groups in total. The summed E-state index contributed by atoms with van der Waals surface area (Å²) in [6, 6.07) is 18.5. The number of aliphatic imine (C=N–C) groups is 1. The number of ether oxygens (including phenoxy) is 1. The van der Waals surface area contributed by atoms with Crippen molar-refractivity contribution in [1.29, 1.82) is 0 Å². The summed E-state index contributed by atoms with van der Waals surface area (Å²) in [6.45, 7) is 4.34.